The fraction of sp³-hybridized carbons (Fsp3) is 0.571. The highest BCUT2D eigenvalue weighted by atomic mass is 19.1. The van der Waals surface area contributed by atoms with Gasteiger partial charge >= 0.3 is 0 Å². The van der Waals surface area contributed by atoms with E-state index in [9.17, 15) is 4.39 Å². The molecule has 1 aromatic carbocycles. The molecule has 0 bridgehead atoms. The average Bonchev–Trinajstić information content (AvgIpc) is 2.52. The van der Waals surface area contributed by atoms with Crippen LogP contribution in [0.2, 0.25) is 0 Å². The fourth-order valence-electron chi connectivity index (χ4n) is 3.29. The first-order valence-electron chi connectivity index (χ1n) is 8.98. The Morgan fingerprint density at radius 3 is 2.35 bits per heavy atom. The summed E-state index contributed by atoms with van der Waals surface area (Å²) in [6, 6.07) is 8.60. The Kier molecular flexibility index (Phi) is 6.15. The molecule has 0 heterocycles. The maximum atomic E-state index is 14.1. The topological polar surface area (TPSA) is 12.4 Å². The number of nitrogens with zero attached hydrogens (tertiary/aromatic N) is 1. The quantitative estimate of drug-likeness (QED) is 0.388. The van der Waals surface area contributed by atoms with E-state index in [4.69, 9.17) is 0 Å². The van der Waals surface area contributed by atoms with Crippen LogP contribution in [0.25, 0.3) is 0 Å². The molecule has 2 rings (SSSR count). The standard InChI is InChI=1S/C21H30FN/c1-5-6-7-8-9-10-18-11-13-19(14-12-18)17(3)23-20-16(2)15-21(20,4)22/h11-14H,5-10,15H2,1-4H3. The normalized spacial score (nSPS) is 21.5. The molecule has 0 N–H and O–H groups in total. The molecule has 0 radical (unpaired) electrons. The van der Waals surface area contributed by atoms with E-state index < -0.39 is 5.67 Å². The van der Waals surface area contributed by atoms with Crippen molar-refractivity contribution >= 4 is 5.71 Å². The molecule has 1 aromatic rings. The Balaban J connectivity index is 1.93. The lowest BCUT2D eigenvalue weighted by Crippen LogP contribution is -2.31. The van der Waals surface area contributed by atoms with Crippen molar-refractivity contribution in [3.63, 3.8) is 0 Å². The maximum absolute atomic E-state index is 14.1. The molecule has 0 fully saturated rings. The predicted octanol–water partition coefficient (Wildman–Crippen LogP) is 6.41. The molecule has 1 atom stereocenters. The van der Waals surface area contributed by atoms with Crippen LogP contribution < -0.4 is 0 Å². The van der Waals surface area contributed by atoms with Gasteiger partial charge in [-0.1, -0.05) is 56.9 Å². The molecule has 23 heavy (non-hydrogen) atoms. The molecule has 2 heteroatoms. The molecular weight excluding hydrogens is 285 g/mol. The average molecular weight is 315 g/mol. The zero-order chi connectivity index (χ0) is 16.9. The van der Waals surface area contributed by atoms with Crippen LogP contribution in [0.5, 0.6) is 0 Å². The monoisotopic (exact) mass is 315 g/mol. The number of rotatable bonds is 8. The van der Waals surface area contributed by atoms with Crippen LogP contribution >= 0.6 is 0 Å². The van der Waals surface area contributed by atoms with E-state index in [2.05, 4.69) is 36.2 Å². The summed E-state index contributed by atoms with van der Waals surface area (Å²) in [6.45, 7) is 7.80. The second-order valence-corrected chi connectivity index (χ2v) is 7.06. The minimum atomic E-state index is -1.25. The van der Waals surface area contributed by atoms with E-state index in [1.54, 1.807) is 6.92 Å². The van der Waals surface area contributed by atoms with Gasteiger partial charge in [-0.05, 0) is 50.3 Å². The number of benzene rings is 1. The van der Waals surface area contributed by atoms with Crippen LogP contribution in [0.15, 0.2) is 40.5 Å². The van der Waals surface area contributed by atoms with Crippen LogP contribution in [0, 0.1) is 0 Å². The first-order chi connectivity index (χ1) is 10.9. The van der Waals surface area contributed by atoms with Crippen molar-refractivity contribution in [1.82, 2.24) is 0 Å². The van der Waals surface area contributed by atoms with Gasteiger partial charge in [-0.2, -0.15) is 0 Å². The van der Waals surface area contributed by atoms with Gasteiger partial charge in [0.15, 0.2) is 5.67 Å². The number of hydrogen-bond donors (Lipinski definition) is 0. The predicted molar refractivity (Wildman–Crippen MR) is 97.9 cm³/mol. The molecule has 0 aromatic heterocycles. The first kappa shape index (κ1) is 17.9. The van der Waals surface area contributed by atoms with Crippen molar-refractivity contribution < 1.29 is 4.39 Å². The van der Waals surface area contributed by atoms with Crippen molar-refractivity contribution in [2.24, 2.45) is 4.99 Å². The Morgan fingerprint density at radius 1 is 1.13 bits per heavy atom. The van der Waals surface area contributed by atoms with Gasteiger partial charge < -0.3 is 0 Å². The van der Waals surface area contributed by atoms with Gasteiger partial charge in [0.25, 0.3) is 0 Å². The number of hydrogen-bond acceptors (Lipinski definition) is 1. The van der Waals surface area contributed by atoms with E-state index in [1.165, 1.54) is 37.7 Å². The molecule has 1 aliphatic rings. The summed E-state index contributed by atoms with van der Waals surface area (Å²) in [4.78, 5) is 4.53. The first-order valence-corrected chi connectivity index (χ1v) is 8.98. The molecule has 1 unspecified atom stereocenters. The number of halogens is 1. The van der Waals surface area contributed by atoms with Crippen LogP contribution in [0.1, 0.15) is 77.3 Å². The lowest BCUT2D eigenvalue weighted by atomic mass is 9.82. The highest BCUT2D eigenvalue weighted by molar-refractivity contribution is 5.99. The molecule has 1 aliphatic carbocycles. The van der Waals surface area contributed by atoms with Crippen LogP contribution in [-0.4, -0.2) is 11.4 Å². The number of unbranched alkanes of at least 4 members (excludes halogenated alkanes) is 4. The molecular formula is C21H30FN. The van der Waals surface area contributed by atoms with Crippen molar-refractivity contribution in [1.29, 1.82) is 0 Å². The minimum Gasteiger partial charge on any atom is -0.254 e. The van der Waals surface area contributed by atoms with Crippen LogP contribution in [-0.2, 0) is 6.42 Å². The summed E-state index contributed by atoms with van der Waals surface area (Å²) in [5.41, 5.74) is 3.81. The van der Waals surface area contributed by atoms with E-state index in [0.717, 1.165) is 23.3 Å². The number of allylic oxidation sites excluding steroid dienone is 2. The van der Waals surface area contributed by atoms with Gasteiger partial charge in [-0.3, -0.25) is 4.99 Å². The largest absolute Gasteiger partial charge is 0.254 e. The van der Waals surface area contributed by atoms with Crippen LogP contribution in [0.3, 0.4) is 0 Å². The highest BCUT2D eigenvalue weighted by Crippen LogP contribution is 2.42. The van der Waals surface area contributed by atoms with Crippen LogP contribution in [0.4, 0.5) is 4.39 Å². The Bertz CT molecular complexity index is 578. The van der Waals surface area contributed by atoms with E-state index in [-0.39, 0.29) is 0 Å². The van der Waals surface area contributed by atoms with E-state index in [1.807, 2.05) is 13.8 Å². The molecule has 1 nitrogen and oxygen atoms in total. The lowest BCUT2D eigenvalue weighted by Gasteiger charge is -2.33. The van der Waals surface area contributed by atoms with Crippen molar-refractivity contribution in [3.8, 4) is 0 Å². The maximum Gasteiger partial charge on any atom is 0.153 e. The molecule has 126 valence electrons. The lowest BCUT2D eigenvalue weighted by molar-refractivity contribution is 0.202. The zero-order valence-corrected chi connectivity index (χ0v) is 15.1. The number of aryl methyl sites for hydroxylation is 1. The smallest absolute Gasteiger partial charge is 0.153 e. The molecule has 0 amide bonds. The Labute approximate surface area is 140 Å². The Morgan fingerprint density at radius 2 is 1.78 bits per heavy atom. The highest BCUT2D eigenvalue weighted by Gasteiger charge is 2.39. The van der Waals surface area contributed by atoms with E-state index >= 15 is 0 Å². The summed E-state index contributed by atoms with van der Waals surface area (Å²) >= 11 is 0. The van der Waals surface area contributed by atoms with E-state index in [0.29, 0.717) is 12.1 Å². The second-order valence-electron chi connectivity index (χ2n) is 7.06. The van der Waals surface area contributed by atoms with Gasteiger partial charge in [0.05, 0.1) is 5.70 Å². The summed E-state index contributed by atoms with van der Waals surface area (Å²) in [5.74, 6) is 0. The van der Waals surface area contributed by atoms with Gasteiger partial charge in [-0.25, -0.2) is 4.39 Å². The molecule has 0 spiro atoms. The molecule has 0 aliphatic heterocycles. The Hall–Kier alpha value is -1.44. The number of aliphatic imine (C=N–C) groups is 1. The second kappa shape index (κ2) is 7.90. The number of alkyl halides is 1. The summed E-state index contributed by atoms with van der Waals surface area (Å²) in [5, 5.41) is 0. The SMILES string of the molecule is CCCCCCCc1ccc(C(C)=NC2=C(C)CC2(C)F)cc1. The fourth-order valence-corrected chi connectivity index (χ4v) is 3.29. The van der Waals surface area contributed by atoms with Crippen molar-refractivity contribution in [2.45, 2.75) is 78.3 Å². The summed E-state index contributed by atoms with van der Waals surface area (Å²) in [7, 11) is 0. The molecule has 0 saturated carbocycles. The summed E-state index contributed by atoms with van der Waals surface area (Å²) < 4.78 is 14.1. The van der Waals surface area contributed by atoms with Gasteiger partial charge in [0, 0.05) is 12.1 Å². The zero-order valence-electron chi connectivity index (χ0n) is 15.1. The van der Waals surface area contributed by atoms with Gasteiger partial charge in [0.1, 0.15) is 0 Å². The summed E-state index contributed by atoms with van der Waals surface area (Å²) in [6.07, 6.45) is 8.22. The third-order valence-corrected chi connectivity index (χ3v) is 4.72. The third-order valence-electron chi connectivity index (χ3n) is 4.72. The van der Waals surface area contributed by atoms with Gasteiger partial charge in [0.2, 0.25) is 0 Å². The van der Waals surface area contributed by atoms with Crippen molar-refractivity contribution in [3.05, 3.63) is 46.7 Å². The minimum absolute atomic E-state index is 0.510. The van der Waals surface area contributed by atoms with Gasteiger partial charge in [-0.15, -0.1) is 0 Å². The molecule has 0 saturated heterocycles. The third kappa shape index (κ3) is 4.76. The van der Waals surface area contributed by atoms with Crippen molar-refractivity contribution in [2.75, 3.05) is 0 Å².